The molecule has 2 rings (SSSR count). The van der Waals surface area contributed by atoms with Gasteiger partial charge in [0, 0.05) is 38.9 Å². The molecule has 1 amide bonds. The van der Waals surface area contributed by atoms with E-state index in [9.17, 15) is 4.79 Å². The minimum absolute atomic E-state index is 0.0373. The average molecular weight is 300 g/mol. The highest BCUT2D eigenvalue weighted by Gasteiger charge is 2.27. The fourth-order valence-corrected chi connectivity index (χ4v) is 2.89. The van der Waals surface area contributed by atoms with Crippen LogP contribution < -0.4 is 5.32 Å². The molecule has 6 nitrogen and oxygen atoms in total. The van der Waals surface area contributed by atoms with Crippen molar-refractivity contribution in [2.45, 2.75) is 50.9 Å². The quantitative estimate of drug-likeness (QED) is 0.730. The topological polar surface area (TPSA) is 71.0 Å². The van der Waals surface area contributed by atoms with Crippen molar-refractivity contribution < 1.29 is 19.4 Å². The van der Waals surface area contributed by atoms with Crippen LogP contribution in [0.25, 0.3) is 0 Å². The molecule has 2 aliphatic heterocycles. The SMILES string of the molecule is CC(OCC1CCCCO1)C(=O)N1CCNC(CCO)C1. The lowest BCUT2D eigenvalue weighted by Crippen LogP contribution is -2.55. The van der Waals surface area contributed by atoms with Crippen LogP contribution in [0.2, 0.25) is 0 Å². The largest absolute Gasteiger partial charge is 0.396 e. The van der Waals surface area contributed by atoms with Crippen LogP contribution in [-0.4, -0.2) is 73.6 Å². The Hall–Kier alpha value is -0.690. The van der Waals surface area contributed by atoms with Gasteiger partial charge >= 0.3 is 0 Å². The van der Waals surface area contributed by atoms with Crippen LogP contribution >= 0.6 is 0 Å². The predicted molar refractivity (Wildman–Crippen MR) is 79.1 cm³/mol. The van der Waals surface area contributed by atoms with Gasteiger partial charge in [0.05, 0.1) is 12.7 Å². The zero-order valence-corrected chi connectivity index (χ0v) is 12.9. The Bertz CT molecular complexity index is 319. The van der Waals surface area contributed by atoms with Crippen molar-refractivity contribution in [1.29, 1.82) is 0 Å². The summed E-state index contributed by atoms with van der Waals surface area (Å²) in [6.45, 7) is 5.38. The van der Waals surface area contributed by atoms with Gasteiger partial charge in [0.2, 0.25) is 0 Å². The zero-order valence-electron chi connectivity index (χ0n) is 12.9. The molecule has 2 heterocycles. The lowest BCUT2D eigenvalue weighted by molar-refractivity contribution is -0.147. The third-order valence-electron chi connectivity index (χ3n) is 4.20. The molecule has 21 heavy (non-hydrogen) atoms. The van der Waals surface area contributed by atoms with Crippen LogP contribution in [0.4, 0.5) is 0 Å². The average Bonchev–Trinajstić information content (AvgIpc) is 2.53. The van der Waals surface area contributed by atoms with Crippen LogP contribution in [0.3, 0.4) is 0 Å². The zero-order chi connectivity index (χ0) is 15.1. The molecule has 3 atom stereocenters. The van der Waals surface area contributed by atoms with Crippen molar-refractivity contribution in [1.82, 2.24) is 10.2 Å². The van der Waals surface area contributed by atoms with E-state index in [1.54, 1.807) is 0 Å². The first-order chi connectivity index (χ1) is 10.2. The lowest BCUT2D eigenvalue weighted by Gasteiger charge is -2.35. The van der Waals surface area contributed by atoms with Crippen molar-refractivity contribution in [3.8, 4) is 0 Å². The van der Waals surface area contributed by atoms with Crippen molar-refractivity contribution in [2.75, 3.05) is 39.5 Å². The normalized spacial score (nSPS) is 28.4. The highest BCUT2D eigenvalue weighted by Crippen LogP contribution is 2.14. The number of amides is 1. The summed E-state index contributed by atoms with van der Waals surface area (Å²) in [6, 6.07) is 0.182. The van der Waals surface area contributed by atoms with E-state index < -0.39 is 6.10 Å². The number of aliphatic hydroxyl groups is 1. The van der Waals surface area contributed by atoms with Crippen molar-refractivity contribution in [3.63, 3.8) is 0 Å². The molecule has 6 heteroatoms. The number of nitrogens with zero attached hydrogens (tertiary/aromatic N) is 1. The molecule has 0 aromatic carbocycles. The summed E-state index contributed by atoms with van der Waals surface area (Å²) in [6.07, 6.45) is 3.71. The van der Waals surface area contributed by atoms with Gasteiger partial charge in [-0.05, 0) is 32.6 Å². The Morgan fingerprint density at radius 3 is 3.10 bits per heavy atom. The number of piperazine rings is 1. The number of carbonyl (C=O) groups is 1. The number of aliphatic hydroxyl groups excluding tert-OH is 1. The van der Waals surface area contributed by atoms with Gasteiger partial charge in [0.25, 0.3) is 5.91 Å². The summed E-state index contributed by atoms with van der Waals surface area (Å²) in [7, 11) is 0. The molecule has 0 aromatic heterocycles. The van der Waals surface area contributed by atoms with Gasteiger partial charge < -0.3 is 24.8 Å². The van der Waals surface area contributed by atoms with E-state index in [1.807, 2.05) is 11.8 Å². The molecule has 2 saturated heterocycles. The van der Waals surface area contributed by atoms with Crippen molar-refractivity contribution in [3.05, 3.63) is 0 Å². The number of rotatable bonds is 6. The van der Waals surface area contributed by atoms with E-state index in [4.69, 9.17) is 14.6 Å². The fraction of sp³-hybridized carbons (Fsp3) is 0.933. The molecule has 0 spiro atoms. The van der Waals surface area contributed by atoms with Crippen LogP contribution in [-0.2, 0) is 14.3 Å². The number of hydrogen-bond donors (Lipinski definition) is 2. The summed E-state index contributed by atoms with van der Waals surface area (Å²) >= 11 is 0. The van der Waals surface area contributed by atoms with E-state index in [0.717, 1.165) is 26.0 Å². The molecule has 3 unspecified atom stereocenters. The summed E-state index contributed by atoms with van der Waals surface area (Å²) in [5.74, 6) is 0.0373. The summed E-state index contributed by atoms with van der Waals surface area (Å²) in [5, 5.41) is 12.3. The maximum atomic E-state index is 12.4. The first-order valence-electron chi connectivity index (χ1n) is 8.07. The molecular weight excluding hydrogens is 272 g/mol. The fourth-order valence-electron chi connectivity index (χ4n) is 2.89. The van der Waals surface area contributed by atoms with Gasteiger partial charge in [-0.15, -0.1) is 0 Å². The predicted octanol–water partition coefficient (Wildman–Crippen LogP) is 0.143. The van der Waals surface area contributed by atoms with Gasteiger partial charge in [0.1, 0.15) is 6.10 Å². The molecule has 0 aliphatic carbocycles. The molecule has 0 bridgehead atoms. The Balaban J connectivity index is 1.73. The second-order valence-electron chi connectivity index (χ2n) is 5.91. The molecule has 0 radical (unpaired) electrons. The van der Waals surface area contributed by atoms with Crippen LogP contribution in [0, 0.1) is 0 Å². The van der Waals surface area contributed by atoms with E-state index in [0.29, 0.717) is 26.1 Å². The maximum Gasteiger partial charge on any atom is 0.251 e. The maximum absolute atomic E-state index is 12.4. The van der Waals surface area contributed by atoms with Crippen LogP contribution in [0.5, 0.6) is 0 Å². The lowest BCUT2D eigenvalue weighted by atomic mass is 10.1. The minimum atomic E-state index is -0.427. The van der Waals surface area contributed by atoms with E-state index in [1.165, 1.54) is 6.42 Å². The summed E-state index contributed by atoms with van der Waals surface area (Å²) < 4.78 is 11.3. The van der Waals surface area contributed by atoms with Crippen LogP contribution in [0.1, 0.15) is 32.6 Å². The van der Waals surface area contributed by atoms with E-state index in [2.05, 4.69) is 5.32 Å². The molecule has 0 aromatic rings. The van der Waals surface area contributed by atoms with Gasteiger partial charge in [-0.2, -0.15) is 0 Å². The van der Waals surface area contributed by atoms with Crippen molar-refractivity contribution >= 4 is 5.91 Å². The number of hydrogen-bond acceptors (Lipinski definition) is 5. The smallest absolute Gasteiger partial charge is 0.251 e. The van der Waals surface area contributed by atoms with E-state index in [-0.39, 0.29) is 24.7 Å². The Morgan fingerprint density at radius 1 is 1.52 bits per heavy atom. The molecule has 0 saturated carbocycles. The van der Waals surface area contributed by atoms with Gasteiger partial charge in [-0.1, -0.05) is 0 Å². The highest BCUT2D eigenvalue weighted by atomic mass is 16.5. The first kappa shape index (κ1) is 16.7. The molecule has 122 valence electrons. The Labute approximate surface area is 126 Å². The molecule has 2 fully saturated rings. The summed E-state index contributed by atoms with van der Waals surface area (Å²) in [5.41, 5.74) is 0. The van der Waals surface area contributed by atoms with Crippen molar-refractivity contribution in [2.24, 2.45) is 0 Å². The molecule has 2 N–H and O–H groups in total. The van der Waals surface area contributed by atoms with Gasteiger partial charge in [-0.25, -0.2) is 0 Å². The number of nitrogens with one attached hydrogen (secondary N) is 1. The summed E-state index contributed by atoms with van der Waals surface area (Å²) in [4.78, 5) is 14.2. The van der Waals surface area contributed by atoms with Gasteiger partial charge in [0.15, 0.2) is 0 Å². The standard InChI is InChI=1S/C15H28N2O4/c1-12(21-11-14-4-2-3-9-20-14)15(19)17-7-6-16-13(10-17)5-8-18/h12-14,16,18H,2-11H2,1H3. The molecule has 2 aliphatic rings. The van der Waals surface area contributed by atoms with Crippen LogP contribution in [0.15, 0.2) is 0 Å². The minimum Gasteiger partial charge on any atom is -0.396 e. The third-order valence-corrected chi connectivity index (χ3v) is 4.20. The van der Waals surface area contributed by atoms with Gasteiger partial charge in [-0.3, -0.25) is 4.79 Å². The monoisotopic (exact) mass is 300 g/mol. The third kappa shape index (κ3) is 5.21. The number of ether oxygens (including phenoxy) is 2. The highest BCUT2D eigenvalue weighted by molar-refractivity contribution is 5.80. The Kier molecular flexibility index (Phi) is 6.89. The second-order valence-corrected chi connectivity index (χ2v) is 5.91. The second kappa shape index (κ2) is 8.68. The van der Waals surface area contributed by atoms with E-state index >= 15 is 0 Å². The Morgan fingerprint density at radius 2 is 2.38 bits per heavy atom. The first-order valence-corrected chi connectivity index (χ1v) is 8.07. The number of carbonyl (C=O) groups excluding carboxylic acids is 1. The molecular formula is C15H28N2O4.